The number of hydrogen-bond acceptors (Lipinski definition) is 5. The number of nitrogens with zero attached hydrogens (tertiary/aromatic N) is 2. The molecule has 0 radical (unpaired) electrons. The molecule has 1 heterocycles. The molecule has 2 N–H and O–H groups in total. The zero-order chi connectivity index (χ0) is 15.4. The Hall–Kier alpha value is -1.95. The zero-order valence-electron chi connectivity index (χ0n) is 12.7. The van der Waals surface area contributed by atoms with E-state index in [0.717, 1.165) is 33.2 Å². The van der Waals surface area contributed by atoms with Crippen LogP contribution in [0.4, 0.5) is 10.8 Å². The van der Waals surface area contributed by atoms with Gasteiger partial charge in [-0.15, -0.1) is 0 Å². The lowest BCUT2D eigenvalue weighted by Crippen LogP contribution is -2.17. The number of carbonyl (C=O) groups is 1. The summed E-state index contributed by atoms with van der Waals surface area (Å²) in [6, 6.07) is 5.74. The minimum Gasteiger partial charge on any atom is -0.326 e. The van der Waals surface area contributed by atoms with Crippen LogP contribution in [-0.2, 0) is 4.79 Å². The van der Waals surface area contributed by atoms with E-state index < -0.39 is 0 Å². The Balaban J connectivity index is 2.18. The molecule has 0 saturated carbocycles. The third-order valence-electron chi connectivity index (χ3n) is 3.03. The smallest absolute Gasteiger partial charge is 0.226 e. The highest BCUT2D eigenvalue weighted by atomic mass is 32.1. The summed E-state index contributed by atoms with van der Waals surface area (Å²) < 4.78 is 1.06. The minimum atomic E-state index is -0.0419. The molecule has 0 saturated heterocycles. The van der Waals surface area contributed by atoms with Gasteiger partial charge in [-0.2, -0.15) is 5.10 Å². The van der Waals surface area contributed by atoms with E-state index in [1.165, 1.54) is 0 Å². The van der Waals surface area contributed by atoms with Crippen molar-refractivity contribution in [2.45, 2.75) is 34.1 Å². The van der Waals surface area contributed by atoms with Gasteiger partial charge in [0.25, 0.3) is 0 Å². The Labute approximate surface area is 128 Å². The summed E-state index contributed by atoms with van der Waals surface area (Å²) >= 11 is 1.54. The maximum absolute atomic E-state index is 11.7. The van der Waals surface area contributed by atoms with Gasteiger partial charge in [0.2, 0.25) is 11.0 Å². The van der Waals surface area contributed by atoms with Crippen molar-refractivity contribution >= 4 is 44.0 Å². The number of nitrogens with one attached hydrogen (secondary N) is 2. The van der Waals surface area contributed by atoms with Crippen LogP contribution in [-0.4, -0.2) is 16.6 Å². The number of benzene rings is 1. The first kappa shape index (κ1) is 15.4. The minimum absolute atomic E-state index is 0.00565. The molecule has 0 fully saturated rings. The molecule has 0 atom stereocenters. The SMILES string of the molecule is CC/C(C)=N/Nc1nc2cc(NC(=O)C(C)C)ccc2s1. The summed E-state index contributed by atoms with van der Waals surface area (Å²) in [5, 5.41) is 7.88. The second kappa shape index (κ2) is 6.67. The van der Waals surface area contributed by atoms with Crippen molar-refractivity contribution in [3.63, 3.8) is 0 Å². The fraction of sp³-hybridized carbons (Fsp3) is 0.400. The number of carbonyl (C=O) groups excluding carboxylic acids is 1. The molecule has 1 aromatic heterocycles. The number of rotatable bonds is 5. The normalized spacial score (nSPS) is 12.0. The van der Waals surface area contributed by atoms with E-state index in [1.807, 2.05) is 39.0 Å². The molecule has 0 aliphatic carbocycles. The number of thiazole rings is 1. The molecule has 6 heteroatoms. The lowest BCUT2D eigenvalue weighted by molar-refractivity contribution is -0.118. The third kappa shape index (κ3) is 4.01. The van der Waals surface area contributed by atoms with E-state index in [9.17, 15) is 4.79 Å². The van der Waals surface area contributed by atoms with Gasteiger partial charge in [0, 0.05) is 17.3 Å². The average Bonchev–Trinajstić information content (AvgIpc) is 2.86. The molecule has 5 nitrogen and oxygen atoms in total. The number of aromatic nitrogens is 1. The number of amides is 1. The van der Waals surface area contributed by atoms with Crippen LogP contribution in [0.1, 0.15) is 34.1 Å². The maximum Gasteiger partial charge on any atom is 0.226 e. The van der Waals surface area contributed by atoms with Gasteiger partial charge in [0.05, 0.1) is 10.2 Å². The molecule has 0 unspecified atom stereocenters. The quantitative estimate of drug-likeness (QED) is 0.646. The van der Waals surface area contributed by atoms with Gasteiger partial charge in [-0.1, -0.05) is 32.1 Å². The Kier molecular flexibility index (Phi) is 4.90. The van der Waals surface area contributed by atoms with Crippen LogP contribution >= 0.6 is 11.3 Å². The molecule has 0 bridgehead atoms. The van der Waals surface area contributed by atoms with Gasteiger partial charge >= 0.3 is 0 Å². The Morgan fingerprint density at radius 2 is 2.19 bits per heavy atom. The first-order valence-electron chi connectivity index (χ1n) is 7.00. The van der Waals surface area contributed by atoms with Crippen molar-refractivity contribution in [2.75, 3.05) is 10.7 Å². The molecule has 2 rings (SSSR count). The highest BCUT2D eigenvalue weighted by Crippen LogP contribution is 2.28. The fourth-order valence-corrected chi connectivity index (χ4v) is 2.35. The topological polar surface area (TPSA) is 66.4 Å². The Bertz CT molecular complexity index is 675. The van der Waals surface area contributed by atoms with Crippen molar-refractivity contribution in [3.8, 4) is 0 Å². The van der Waals surface area contributed by atoms with Crippen LogP contribution in [0.3, 0.4) is 0 Å². The van der Waals surface area contributed by atoms with Gasteiger partial charge in [-0.25, -0.2) is 4.98 Å². The highest BCUT2D eigenvalue weighted by molar-refractivity contribution is 7.22. The third-order valence-corrected chi connectivity index (χ3v) is 3.97. The molecule has 1 aromatic carbocycles. The lowest BCUT2D eigenvalue weighted by Gasteiger charge is -2.06. The van der Waals surface area contributed by atoms with Gasteiger partial charge in [-0.3, -0.25) is 10.2 Å². The van der Waals surface area contributed by atoms with Crippen LogP contribution in [0.5, 0.6) is 0 Å². The van der Waals surface area contributed by atoms with E-state index in [-0.39, 0.29) is 11.8 Å². The summed E-state index contributed by atoms with van der Waals surface area (Å²) in [4.78, 5) is 16.2. The van der Waals surface area contributed by atoms with Crippen molar-refractivity contribution in [3.05, 3.63) is 18.2 Å². The maximum atomic E-state index is 11.7. The van der Waals surface area contributed by atoms with Crippen LogP contribution in [0.25, 0.3) is 10.2 Å². The second-order valence-corrected chi connectivity index (χ2v) is 6.19. The summed E-state index contributed by atoms with van der Waals surface area (Å²) in [5.41, 5.74) is 5.62. The summed E-state index contributed by atoms with van der Waals surface area (Å²) in [6.07, 6.45) is 0.906. The Morgan fingerprint density at radius 1 is 1.43 bits per heavy atom. The standard InChI is InChI=1S/C15H20N4OS/c1-5-10(4)18-19-15-17-12-8-11(6-7-13(12)21-15)16-14(20)9(2)3/h6-9H,5H2,1-4H3,(H,16,20)(H,17,19)/b18-10+. The van der Waals surface area contributed by atoms with Crippen molar-refractivity contribution in [1.29, 1.82) is 0 Å². The van der Waals surface area contributed by atoms with Crippen LogP contribution in [0.15, 0.2) is 23.3 Å². The molecular weight excluding hydrogens is 284 g/mol. The van der Waals surface area contributed by atoms with E-state index in [4.69, 9.17) is 0 Å². The van der Waals surface area contributed by atoms with Crippen LogP contribution < -0.4 is 10.7 Å². The van der Waals surface area contributed by atoms with E-state index >= 15 is 0 Å². The second-order valence-electron chi connectivity index (χ2n) is 5.16. The highest BCUT2D eigenvalue weighted by Gasteiger charge is 2.09. The predicted octanol–water partition coefficient (Wildman–Crippen LogP) is 4.09. The van der Waals surface area contributed by atoms with Gasteiger partial charge in [0.1, 0.15) is 0 Å². The molecular formula is C15H20N4OS. The van der Waals surface area contributed by atoms with Crippen molar-refractivity contribution < 1.29 is 4.79 Å². The molecule has 2 aromatic rings. The molecule has 0 aliphatic heterocycles. The van der Waals surface area contributed by atoms with Crippen molar-refractivity contribution in [2.24, 2.45) is 11.0 Å². The first-order valence-corrected chi connectivity index (χ1v) is 7.82. The molecule has 0 aliphatic rings. The fourth-order valence-electron chi connectivity index (χ4n) is 1.56. The zero-order valence-corrected chi connectivity index (χ0v) is 13.5. The predicted molar refractivity (Wildman–Crippen MR) is 90.1 cm³/mol. The number of fused-ring (bicyclic) bond motifs is 1. The summed E-state index contributed by atoms with van der Waals surface area (Å²) in [7, 11) is 0. The van der Waals surface area contributed by atoms with Gasteiger partial charge < -0.3 is 5.32 Å². The Morgan fingerprint density at radius 3 is 2.86 bits per heavy atom. The van der Waals surface area contributed by atoms with Crippen molar-refractivity contribution in [1.82, 2.24) is 4.98 Å². The van der Waals surface area contributed by atoms with Gasteiger partial charge in [-0.05, 0) is 31.5 Å². The van der Waals surface area contributed by atoms with E-state index in [0.29, 0.717) is 0 Å². The number of hydrogen-bond donors (Lipinski definition) is 2. The first-order chi connectivity index (χ1) is 9.99. The van der Waals surface area contributed by atoms with Gasteiger partial charge in [0.15, 0.2) is 0 Å². The molecule has 0 spiro atoms. The number of anilines is 2. The largest absolute Gasteiger partial charge is 0.326 e. The summed E-state index contributed by atoms with van der Waals surface area (Å²) in [6.45, 7) is 7.77. The van der Waals surface area contributed by atoms with Crippen LogP contribution in [0, 0.1) is 5.92 Å². The van der Waals surface area contributed by atoms with Crippen LogP contribution in [0.2, 0.25) is 0 Å². The molecule has 1 amide bonds. The summed E-state index contributed by atoms with van der Waals surface area (Å²) in [5.74, 6) is -0.0363. The van der Waals surface area contributed by atoms with E-state index in [2.05, 4.69) is 27.8 Å². The molecule has 112 valence electrons. The monoisotopic (exact) mass is 304 g/mol. The lowest BCUT2D eigenvalue weighted by atomic mass is 10.2. The molecule has 21 heavy (non-hydrogen) atoms. The number of hydrazone groups is 1. The van der Waals surface area contributed by atoms with E-state index in [1.54, 1.807) is 11.3 Å². The average molecular weight is 304 g/mol.